The SMILES string of the molecule is CC(=O)CC(=O)N(N)C(=O)c1ccncc1. The van der Waals surface area contributed by atoms with Crippen LogP contribution < -0.4 is 5.84 Å². The van der Waals surface area contributed by atoms with Gasteiger partial charge in [-0.25, -0.2) is 10.9 Å². The highest BCUT2D eigenvalue weighted by Crippen LogP contribution is 2.01. The van der Waals surface area contributed by atoms with E-state index in [0.29, 0.717) is 5.01 Å². The normalized spacial score (nSPS) is 9.62. The first-order valence-electron chi connectivity index (χ1n) is 4.54. The van der Waals surface area contributed by atoms with Gasteiger partial charge in [-0.15, -0.1) is 0 Å². The molecule has 0 aliphatic heterocycles. The Morgan fingerprint density at radius 1 is 1.31 bits per heavy atom. The minimum absolute atomic E-state index is 0.245. The van der Waals surface area contributed by atoms with Crippen LogP contribution in [0.5, 0.6) is 0 Å². The Balaban J connectivity index is 2.75. The van der Waals surface area contributed by atoms with Crippen molar-refractivity contribution in [1.82, 2.24) is 9.99 Å². The molecule has 84 valence electrons. The molecular weight excluding hydrogens is 210 g/mol. The first-order valence-corrected chi connectivity index (χ1v) is 4.54. The van der Waals surface area contributed by atoms with Crippen LogP contribution in [0.3, 0.4) is 0 Å². The molecule has 1 rings (SSSR count). The number of pyridine rings is 1. The van der Waals surface area contributed by atoms with Crippen molar-refractivity contribution in [3.05, 3.63) is 30.1 Å². The zero-order chi connectivity index (χ0) is 12.1. The molecule has 1 aromatic heterocycles. The van der Waals surface area contributed by atoms with Crippen molar-refractivity contribution in [1.29, 1.82) is 0 Å². The maximum atomic E-state index is 11.6. The molecule has 2 N–H and O–H groups in total. The summed E-state index contributed by atoms with van der Waals surface area (Å²) < 4.78 is 0. The predicted octanol–water partition coefficient (Wildman–Crippen LogP) is -0.0968. The van der Waals surface area contributed by atoms with Gasteiger partial charge in [0.05, 0.1) is 6.42 Å². The molecule has 0 radical (unpaired) electrons. The second kappa shape index (κ2) is 5.13. The van der Waals surface area contributed by atoms with Crippen molar-refractivity contribution in [3.63, 3.8) is 0 Å². The van der Waals surface area contributed by atoms with Gasteiger partial charge < -0.3 is 0 Å². The van der Waals surface area contributed by atoms with Crippen molar-refractivity contribution >= 4 is 17.6 Å². The molecule has 6 nitrogen and oxygen atoms in total. The van der Waals surface area contributed by atoms with E-state index in [9.17, 15) is 14.4 Å². The van der Waals surface area contributed by atoms with Gasteiger partial charge in [-0.3, -0.25) is 19.4 Å². The van der Waals surface area contributed by atoms with E-state index in [0.717, 1.165) is 0 Å². The maximum Gasteiger partial charge on any atom is 0.274 e. The summed E-state index contributed by atoms with van der Waals surface area (Å²) >= 11 is 0. The van der Waals surface area contributed by atoms with E-state index in [2.05, 4.69) is 4.98 Å². The first kappa shape index (κ1) is 12.0. The molecule has 0 aliphatic rings. The highest BCUT2D eigenvalue weighted by molar-refractivity contribution is 6.08. The topological polar surface area (TPSA) is 93.4 Å². The third kappa shape index (κ3) is 2.96. The van der Waals surface area contributed by atoms with E-state index < -0.39 is 11.8 Å². The number of rotatable bonds is 3. The second-order valence-electron chi connectivity index (χ2n) is 3.18. The van der Waals surface area contributed by atoms with Gasteiger partial charge in [0, 0.05) is 18.0 Å². The Morgan fingerprint density at radius 2 is 1.88 bits per heavy atom. The second-order valence-corrected chi connectivity index (χ2v) is 3.18. The number of hydrogen-bond acceptors (Lipinski definition) is 5. The number of carbonyl (C=O) groups is 3. The Kier molecular flexibility index (Phi) is 3.84. The van der Waals surface area contributed by atoms with Gasteiger partial charge in [-0.1, -0.05) is 0 Å². The summed E-state index contributed by atoms with van der Waals surface area (Å²) in [6.07, 6.45) is 2.44. The van der Waals surface area contributed by atoms with Gasteiger partial charge in [0.15, 0.2) is 0 Å². The average molecular weight is 221 g/mol. The standard InChI is InChI=1S/C10H11N3O3/c1-7(14)6-9(15)13(11)10(16)8-2-4-12-5-3-8/h2-5H,6,11H2,1H3. The van der Waals surface area contributed by atoms with Gasteiger partial charge in [0.2, 0.25) is 0 Å². The molecule has 0 aliphatic carbocycles. The van der Waals surface area contributed by atoms with Gasteiger partial charge in [0.25, 0.3) is 11.8 Å². The molecule has 16 heavy (non-hydrogen) atoms. The summed E-state index contributed by atoms with van der Waals surface area (Å²) in [5, 5.41) is 0.441. The number of amides is 2. The lowest BCUT2D eigenvalue weighted by atomic mass is 10.2. The van der Waals surface area contributed by atoms with Crippen molar-refractivity contribution < 1.29 is 14.4 Å². The summed E-state index contributed by atoms with van der Waals surface area (Å²) in [7, 11) is 0. The average Bonchev–Trinajstić information content (AvgIpc) is 2.27. The zero-order valence-electron chi connectivity index (χ0n) is 8.71. The Labute approximate surface area is 92.0 Å². The van der Waals surface area contributed by atoms with E-state index in [1.165, 1.54) is 31.5 Å². The number of nitrogens with zero attached hydrogens (tertiary/aromatic N) is 2. The highest BCUT2D eigenvalue weighted by Gasteiger charge is 2.20. The molecule has 0 saturated carbocycles. The molecule has 0 saturated heterocycles. The quantitative estimate of drug-likeness (QED) is 0.333. The molecule has 6 heteroatoms. The number of nitrogens with two attached hydrogens (primary N) is 1. The lowest BCUT2D eigenvalue weighted by molar-refractivity contribution is -0.132. The number of ketones is 1. The minimum atomic E-state index is -0.727. The Hall–Kier alpha value is -2.08. The van der Waals surface area contributed by atoms with Crippen LogP contribution in [-0.2, 0) is 9.59 Å². The van der Waals surface area contributed by atoms with Crippen molar-refractivity contribution in [2.75, 3.05) is 0 Å². The molecule has 0 unspecified atom stereocenters. The Bertz CT molecular complexity index is 417. The summed E-state index contributed by atoms with van der Waals surface area (Å²) in [5.41, 5.74) is 0.245. The van der Waals surface area contributed by atoms with Crippen LogP contribution in [0.25, 0.3) is 0 Å². The molecule has 1 heterocycles. The number of aromatic nitrogens is 1. The van der Waals surface area contributed by atoms with Gasteiger partial charge in [0.1, 0.15) is 5.78 Å². The van der Waals surface area contributed by atoms with E-state index >= 15 is 0 Å². The number of carbonyl (C=O) groups excluding carboxylic acids is 3. The van der Waals surface area contributed by atoms with Crippen molar-refractivity contribution in [2.45, 2.75) is 13.3 Å². The van der Waals surface area contributed by atoms with Gasteiger partial charge >= 0.3 is 0 Å². The van der Waals surface area contributed by atoms with Crippen molar-refractivity contribution in [2.24, 2.45) is 5.84 Å². The lowest BCUT2D eigenvalue weighted by Crippen LogP contribution is -2.43. The maximum absolute atomic E-state index is 11.6. The van der Waals surface area contributed by atoms with Crippen LogP contribution in [0.1, 0.15) is 23.7 Å². The first-order chi connectivity index (χ1) is 7.52. The smallest absolute Gasteiger partial charge is 0.274 e. The molecule has 1 aromatic rings. The predicted molar refractivity (Wildman–Crippen MR) is 54.9 cm³/mol. The number of Topliss-reactive ketones (excluding diaryl/α,β-unsaturated/α-hetero) is 1. The van der Waals surface area contributed by atoms with Crippen LogP contribution in [-0.4, -0.2) is 27.6 Å². The fraction of sp³-hybridized carbons (Fsp3) is 0.200. The van der Waals surface area contributed by atoms with E-state index in [4.69, 9.17) is 5.84 Å². The largest absolute Gasteiger partial charge is 0.299 e. The van der Waals surface area contributed by atoms with E-state index in [-0.39, 0.29) is 17.8 Å². The van der Waals surface area contributed by atoms with Crippen LogP contribution in [0.4, 0.5) is 0 Å². The summed E-state index contributed by atoms with van der Waals surface area (Å²) in [5.74, 6) is 3.57. The third-order valence-corrected chi connectivity index (χ3v) is 1.81. The fourth-order valence-electron chi connectivity index (χ4n) is 1.04. The third-order valence-electron chi connectivity index (χ3n) is 1.81. The fourth-order valence-corrected chi connectivity index (χ4v) is 1.04. The summed E-state index contributed by atoms with van der Waals surface area (Å²) in [6, 6.07) is 2.87. The molecular formula is C10H11N3O3. The van der Waals surface area contributed by atoms with E-state index in [1.54, 1.807) is 0 Å². The molecule has 0 fully saturated rings. The van der Waals surface area contributed by atoms with Crippen LogP contribution in [0, 0.1) is 0 Å². The molecule has 0 spiro atoms. The molecule has 0 aromatic carbocycles. The van der Waals surface area contributed by atoms with E-state index in [1.807, 2.05) is 0 Å². The molecule has 0 bridgehead atoms. The lowest BCUT2D eigenvalue weighted by Gasteiger charge is -2.13. The van der Waals surface area contributed by atoms with Gasteiger partial charge in [-0.05, 0) is 19.1 Å². The number of imide groups is 1. The highest BCUT2D eigenvalue weighted by atomic mass is 16.2. The van der Waals surface area contributed by atoms with Crippen LogP contribution >= 0.6 is 0 Å². The number of hydrogen-bond donors (Lipinski definition) is 1. The molecule has 2 amide bonds. The number of hydrazine groups is 1. The van der Waals surface area contributed by atoms with Crippen LogP contribution in [0.15, 0.2) is 24.5 Å². The zero-order valence-corrected chi connectivity index (χ0v) is 8.71. The van der Waals surface area contributed by atoms with Crippen LogP contribution in [0.2, 0.25) is 0 Å². The summed E-state index contributed by atoms with van der Waals surface area (Å²) in [4.78, 5) is 37.3. The minimum Gasteiger partial charge on any atom is -0.299 e. The van der Waals surface area contributed by atoms with Gasteiger partial charge in [-0.2, -0.15) is 0 Å². The monoisotopic (exact) mass is 221 g/mol. The summed E-state index contributed by atoms with van der Waals surface area (Å²) in [6.45, 7) is 1.25. The molecule has 0 atom stereocenters. The van der Waals surface area contributed by atoms with Crippen molar-refractivity contribution in [3.8, 4) is 0 Å². The Morgan fingerprint density at radius 3 is 2.38 bits per heavy atom.